The third kappa shape index (κ3) is 3.99. The molecule has 1 aromatic carbocycles. The van der Waals surface area contributed by atoms with E-state index in [0.29, 0.717) is 6.42 Å². The minimum absolute atomic E-state index is 0.0598. The molecule has 0 heterocycles. The Kier molecular flexibility index (Phi) is 5.41. The van der Waals surface area contributed by atoms with Crippen molar-refractivity contribution in [2.45, 2.75) is 25.8 Å². The molecule has 0 radical (unpaired) electrons. The van der Waals surface area contributed by atoms with Crippen LogP contribution in [-0.2, 0) is 4.79 Å². The van der Waals surface area contributed by atoms with Gasteiger partial charge < -0.3 is 10.4 Å². The Labute approximate surface area is 116 Å². The molecule has 0 spiro atoms. The van der Waals surface area contributed by atoms with Gasteiger partial charge in [0.2, 0.25) is 0 Å². The number of hydrogen-bond acceptors (Lipinski definition) is 2. The molecule has 0 aliphatic heterocycles. The Hall–Kier alpha value is -1.50. The molecule has 0 aliphatic carbocycles. The first-order valence-corrected chi connectivity index (χ1v) is 6.34. The molecule has 4 nitrogen and oxygen atoms in total. The smallest absolute Gasteiger partial charge is 0.326 e. The Morgan fingerprint density at radius 2 is 1.95 bits per heavy atom. The summed E-state index contributed by atoms with van der Waals surface area (Å²) in [6.07, 6.45) is 0.818. The predicted molar refractivity (Wildman–Crippen MR) is 67.9 cm³/mol. The number of carbonyl (C=O) groups is 2. The maximum absolute atomic E-state index is 13.1. The number of halogens is 3. The van der Waals surface area contributed by atoms with Gasteiger partial charge in [-0.2, -0.15) is 0 Å². The van der Waals surface area contributed by atoms with Crippen LogP contribution in [0.3, 0.4) is 0 Å². The summed E-state index contributed by atoms with van der Waals surface area (Å²) in [5.41, 5.74) is -0.152. The monoisotopic (exact) mass is 335 g/mol. The van der Waals surface area contributed by atoms with Crippen LogP contribution in [0.25, 0.3) is 0 Å². The number of rotatable bonds is 5. The quantitative estimate of drug-likeness (QED) is 0.813. The van der Waals surface area contributed by atoms with E-state index < -0.39 is 29.6 Å². The second kappa shape index (κ2) is 6.60. The van der Waals surface area contributed by atoms with Crippen molar-refractivity contribution in [3.05, 3.63) is 33.8 Å². The van der Waals surface area contributed by atoms with E-state index in [2.05, 4.69) is 21.2 Å². The number of aliphatic carboxylic acids is 1. The lowest BCUT2D eigenvalue weighted by Crippen LogP contribution is -2.40. The minimum Gasteiger partial charge on any atom is -0.480 e. The van der Waals surface area contributed by atoms with Crippen molar-refractivity contribution in [1.29, 1.82) is 0 Å². The highest BCUT2D eigenvalue weighted by Gasteiger charge is 2.22. The molecule has 0 bridgehead atoms. The van der Waals surface area contributed by atoms with E-state index >= 15 is 0 Å². The molecule has 1 rings (SSSR count). The number of carboxylic acids is 1. The lowest BCUT2D eigenvalue weighted by Gasteiger charge is -2.14. The fourth-order valence-electron chi connectivity index (χ4n) is 1.48. The van der Waals surface area contributed by atoms with Crippen LogP contribution >= 0.6 is 15.9 Å². The highest BCUT2D eigenvalue weighted by Crippen LogP contribution is 2.20. The van der Waals surface area contributed by atoms with Gasteiger partial charge in [0.25, 0.3) is 5.91 Å². The minimum atomic E-state index is -1.17. The molecule has 0 saturated heterocycles. The van der Waals surface area contributed by atoms with Crippen LogP contribution in [0.2, 0.25) is 0 Å². The second-order valence-electron chi connectivity index (χ2n) is 3.90. The molecule has 7 heteroatoms. The molecular weight excluding hydrogens is 324 g/mol. The van der Waals surface area contributed by atoms with Crippen LogP contribution in [0.5, 0.6) is 0 Å². The van der Waals surface area contributed by atoms with Gasteiger partial charge in [0.1, 0.15) is 6.04 Å². The first-order chi connectivity index (χ1) is 8.86. The van der Waals surface area contributed by atoms with Gasteiger partial charge in [-0.15, -0.1) is 0 Å². The van der Waals surface area contributed by atoms with Crippen molar-refractivity contribution in [3.8, 4) is 0 Å². The molecule has 19 heavy (non-hydrogen) atoms. The van der Waals surface area contributed by atoms with Gasteiger partial charge in [0.05, 0.1) is 5.56 Å². The fraction of sp³-hybridized carbons (Fsp3) is 0.333. The third-order valence-corrected chi connectivity index (χ3v) is 3.09. The summed E-state index contributed by atoms with van der Waals surface area (Å²) >= 11 is 2.93. The van der Waals surface area contributed by atoms with Crippen LogP contribution in [-0.4, -0.2) is 23.0 Å². The number of carboxylic acid groups (broad SMARTS) is 1. The maximum Gasteiger partial charge on any atom is 0.326 e. The van der Waals surface area contributed by atoms with Gasteiger partial charge in [0.15, 0.2) is 11.6 Å². The van der Waals surface area contributed by atoms with E-state index in [1.165, 1.54) is 0 Å². The van der Waals surface area contributed by atoms with E-state index in [4.69, 9.17) is 5.11 Å². The molecule has 104 valence electrons. The maximum atomic E-state index is 13.1. The van der Waals surface area contributed by atoms with Crippen LogP contribution in [0.4, 0.5) is 8.78 Å². The molecule has 0 saturated carbocycles. The Morgan fingerprint density at radius 3 is 2.47 bits per heavy atom. The average Bonchev–Trinajstić information content (AvgIpc) is 2.32. The largest absolute Gasteiger partial charge is 0.480 e. The highest BCUT2D eigenvalue weighted by atomic mass is 79.9. The molecule has 0 aromatic heterocycles. The van der Waals surface area contributed by atoms with E-state index in [1.807, 2.05) is 0 Å². The van der Waals surface area contributed by atoms with Crippen molar-refractivity contribution in [1.82, 2.24) is 5.32 Å². The standard InChI is InChI=1S/C12H12BrF2NO3/c1-2-3-10(12(18)19)16-11(17)6-4-8(14)9(15)5-7(6)13/h4-5,10H,2-3H2,1H3,(H,16,17)(H,18,19). The number of carbonyl (C=O) groups excluding carboxylic acids is 1. The summed E-state index contributed by atoms with van der Waals surface area (Å²) in [6.45, 7) is 1.77. The summed E-state index contributed by atoms with van der Waals surface area (Å²) in [6, 6.07) is 0.483. The highest BCUT2D eigenvalue weighted by molar-refractivity contribution is 9.10. The Morgan fingerprint density at radius 1 is 1.37 bits per heavy atom. The summed E-state index contributed by atoms with van der Waals surface area (Å²) < 4.78 is 26.0. The molecular formula is C12H12BrF2NO3. The number of amides is 1. The molecule has 1 amide bonds. The molecule has 1 aromatic rings. The van der Waals surface area contributed by atoms with Gasteiger partial charge in [-0.3, -0.25) is 4.79 Å². The van der Waals surface area contributed by atoms with Crippen molar-refractivity contribution in [3.63, 3.8) is 0 Å². The number of nitrogens with one attached hydrogen (secondary N) is 1. The summed E-state index contributed by atoms with van der Waals surface area (Å²) in [5, 5.41) is 11.2. The van der Waals surface area contributed by atoms with E-state index in [1.54, 1.807) is 6.92 Å². The van der Waals surface area contributed by atoms with Crippen molar-refractivity contribution < 1.29 is 23.5 Å². The van der Waals surface area contributed by atoms with E-state index in [0.717, 1.165) is 12.1 Å². The van der Waals surface area contributed by atoms with Gasteiger partial charge in [-0.1, -0.05) is 13.3 Å². The normalized spacial score (nSPS) is 12.0. The van der Waals surface area contributed by atoms with Gasteiger partial charge in [0, 0.05) is 4.47 Å². The fourth-order valence-corrected chi connectivity index (χ4v) is 1.97. The first-order valence-electron chi connectivity index (χ1n) is 5.55. The van der Waals surface area contributed by atoms with Crippen molar-refractivity contribution in [2.24, 2.45) is 0 Å². The molecule has 0 aliphatic rings. The van der Waals surface area contributed by atoms with Crippen molar-refractivity contribution in [2.75, 3.05) is 0 Å². The summed E-state index contributed by atoms with van der Waals surface area (Å²) in [4.78, 5) is 22.7. The second-order valence-corrected chi connectivity index (χ2v) is 4.75. The lowest BCUT2D eigenvalue weighted by atomic mass is 10.1. The molecule has 1 atom stereocenters. The summed E-state index contributed by atoms with van der Waals surface area (Å²) in [5.74, 6) is -4.21. The molecule has 0 fully saturated rings. The number of benzene rings is 1. The third-order valence-electron chi connectivity index (χ3n) is 2.44. The average molecular weight is 336 g/mol. The first kappa shape index (κ1) is 15.6. The SMILES string of the molecule is CCCC(NC(=O)c1cc(F)c(F)cc1Br)C(=O)O. The zero-order valence-electron chi connectivity index (χ0n) is 10.0. The van der Waals surface area contributed by atoms with E-state index in [9.17, 15) is 18.4 Å². The zero-order valence-corrected chi connectivity index (χ0v) is 11.6. The Bertz CT molecular complexity index is 508. The van der Waals surface area contributed by atoms with Crippen LogP contribution < -0.4 is 5.32 Å². The Balaban J connectivity index is 2.94. The molecule has 1 unspecified atom stereocenters. The van der Waals surface area contributed by atoms with E-state index in [-0.39, 0.29) is 16.5 Å². The van der Waals surface area contributed by atoms with Crippen LogP contribution in [0.15, 0.2) is 16.6 Å². The topological polar surface area (TPSA) is 66.4 Å². The van der Waals surface area contributed by atoms with Crippen LogP contribution in [0.1, 0.15) is 30.1 Å². The van der Waals surface area contributed by atoms with Crippen LogP contribution in [0, 0.1) is 11.6 Å². The van der Waals surface area contributed by atoms with Gasteiger partial charge >= 0.3 is 5.97 Å². The lowest BCUT2D eigenvalue weighted by molar-refractivity contribution is -0.139. The van der Waals surface area contributed by atoms with Gasteiger partial charge in [-0.05, 0) is 34.5 Å². The predicted octanol–water partition coefficient (Wildman–Crippen LogP) is 2.71. The number of hydrogen-bond donors (Lipinski definition) is 2. The van der Waals surface area contributed by atoms with Crippen molar-refractivity contribution >= 4 is 27.8 Å². The summed E-state index contributed by atoms with van der Waals surface area (Å²) in [7, 11) is 0. The molecule has 2 N–H and O–H groups in total. The van der Waals surface area contributed by atoms with Gasteiger partial charge in [-0.25, -0.2) is 13.6 Å². The zero-order chi connectivity index (χ0) is 14.6.